The highest BCUT2D eigenvalue weighted by Crippen LogP contribution is 2.40. The van der Waals surface area contributed by atoms with Crippen LogP contribution in [0.15, 0.2) is 24.3 Å². The van der Waals surface area contributed by atoms with Gasteiger partial charge in [0, 0.05) is 17.5 Å². The molecule has 2 aromatic rings. The summed E-state index contributed by atoms with van der Waals surface area (Å²) in [4.78, 5) is 0. The first-order valence-corrected chi connectivity index (χ1v) is 11.9. The lowest BCUT2D eigenvalue weighted by Gasteiger charge is -2.21. The van der Waals surface area contributed by atoms with E-state index in [1.54, 1.807) is 13.0 Å². The van der Waals surface area contributed by atoms with Crippen LogP contribution in [0.3, 0.4) is 0 Å². The first-order chi connectivity index (χ1) is 17.6. The van der Waals surface area contributed by atoms with E-state index in [-0.39, 0.29) is 36.7 Å². The van der Waals surface area contributed by atoms with Crippen LogP contribution in [0.1, 0.15) is 40.9 Å². The molecule has 0 spiro atoms. The van der Waals surface area contributed by atoms with Gasteiger partial charge in [-0.05, 0) is 49.2 Å². The minimum absolute atomic E-state index is 0.0440. The van der Waals surface area contributed by atoms with E-state index in [1.807, 2.05) is 0 Å². The molecule has 37 heavy (non-hydrogen) atoms. The van der Waals surface area contributed by atoms with Crippen LogP contribution in [0, 0.1) is 25.5 Å². The van der Waals surface area contributed by atoms with Gasteiger partial charge in [0.05, 0.1) is 32.5 Å². The summed E-state index contributed by atoms with van der Waals surface area (Å²) in [5.41, 5.74) is 1.36. The van der Waals surface area contributed by atoms with Crippen LogP contribution < -0.4 is 9.47 Å². The summed E-state index contributed by atoms with van der Waals surface area (Å²) >= 11 is 0. The summed E-state index contributed by atoms with van der Waals surface area (Å²) in [7, 11) is 1.48. The van der Waals surface area contributed by atoms with Gasteiger partial charge in [-0.1, -0.05) is 0 Å². The highest BCUT2D eigenvalue weighted by molar-refractivity contribution is 5.41. The average Bonchev–Trinajstić information content (AvgIpc) is 3.38. The Bertz CT molecular complexity index is 1100. The number of hydrogen-bond acceptors (Lipinski definition) is 9. The van der Waals surface area contributed by atoms with Crippen LogP contribution in [0.2, 0.25) is 0 Å². The molecule has 0 radical (unpaired) electrons. The molecule has 2 aliphatic rings. The molecule has 2 aromatic carbocycles. The zero-order chi connectivity index (χ0) is 26.9. The molecule has 4 rings (SSSR count). The van der Waals surface area contributed by atoms with E-state index in [4.69, 9.17) is 23.7 Å². The van der Waals surface area contributed by atoms with Crippen molar-refractivity contribution in [2.45, 2.75) is 63.0 Å². The molecule has 9 nitrogen and oxygen atoms in total. The Morgan fingerprint density at radius 1 is 0.892 bits per heavy atom. The van der Waals surface area contributed by atoms with E-state index in [0.29, 0.717) is 16.9 Å². The molecule has 0 saturated carbocycles. The summed E-state index contributed by atoms with van der Waals surface area (Å²) in [6.45, 7) is 2.30. The fourth-order valence-electron chi connectivity index (χ4n) is 4.62. The summed E-state index contributed by atoms with van der Waals surface area (Å²) < 4.78 is 56.5. The Labute approximate surface area is 213 Å². The standard InChI is InChI=1S/C26H32F2O9/c1-12-4-19(33-3)14(6-16(12)27)21-8-18(30)23(36-21)10-34-11-35-20-5-13(2)17(28)7-15(20)26-25(32)24(31)22(9-29)37-26/h4-7,18,21-26,29-32H,8-11H2,1-3H3/t18?,21-,22-,23-,24?,25?,26+/m1/s1. The van der Waals surface area contributed by atoms with Crippen molar-refractivity contribution in [3.8, 4) is 11.5 Å². The fraction of sp³-hybridized carbons (Fsp3) is 0.538. The average molecular weight is 527 g/mol. The van der Waals surface area contributed by atoms with Gasteiger partial charge in [0.1, 0.15) is 53.7 Å². The number of halogens is 2. The molecule has 0 aromatic heterocycles. The second kappa shape index (κ2) is 11.6. The Morgan fingerprint density at radius 3 is 2.16 bits per heavy atom. The van der Waals surface area contributed by atoms with Crippen molar-refractivity contribution >= 4 is 0 Å². The molecular formula is C26H32F2O9. The molecule has 7 atom stereocenters. The van der Waals surface area contributed by atoms with Gasteiger partial charge in [0.15, 0.2) is 6.79 Å². The highest BCUT2D eigenvalue weighted by Gasteiger charge is 2.44. The number of methoxy groups -OCH3 is 1. The lowest BCUT2D eigenvalue weighted by atomic mass is 9.99. The summed E-state index contributed by atoms with van der Waals surface area (Å²) in [5.74, 6) is -0.330. The minimum atomic E-state index is -1.40. The highest BCUT2D eigenvalue weighted by atomic mass is 19.1. The molecule has 4 N–H and O–H groups in total. The maximum Gasteiger partial charge on any atom is 0.189 e. The van der Waals surface area contributed by atoms with Gasteiger partial charge in [0.25, 0.3) is 0 Å². The van der Waals surface area contributed by atoms with Crippen molar-refractivity contribution in [3.05, 3.63) is 58.2 Å². The van der Waals surface area contributed by atoms with Gasteiger partial charge in [0.2, 0.25) is 0 Å². The van der Waals surface area contributed by atoms with Crippen LogP contribution >= 0.6 is 0 Å². The number of ether oxygens (including phenoxy) is 5. The van der Waals surface area contributed by atoms with E-state index in [2.05, 4.69) is 0 Å². The number of hydrogen-bond donors (Lipinski definition) is 4. The molecular weight excluding hydrogens is 494 g/mol. The largest absolute Gasteiger partial charge is 0.496 e. The number of aliphatic hydroxyl groups excluding tert-OH is 4. The first-order valence-electron chi connectivity index (χ1n) is 11.9. The van der Waals surface area contributed by atoms with Crippen LogP contribution in [-0.4, -0.2) is 78.1 Å². The van der Waals surface area contributed by atoms with E-state index < -0.39 is 61.0 Å². The molecule has 11 heteroatoms. The van der Waals surface area contributed by atoms with Gasteiger partial charge in [-0.2, -0.15) is 0 Å². The third-order valence-electron chi connectivity index (χ3n) is 6.80. The smallest absolute Gasteiger partial charge is 0.189 e. The van der Waals surface area contributed by atoms with Crippen LogP contribution in [0.4, 0.5) is 8.78 Å². The van der Waals surface area contributed by atoms with E-state index in [0.717, 1.165) is 6.07 Å². The lowest BCUT2D eigenvalue weighted by Crippen LogP contribution is -2.32. The van der Waals surface area contributed by atoms with Gasteiger partial charge in [-0.3, -0.25) is 0 Å². The molecule has 0 amide bonds. The maximum absolute atomic E-state index is 14.3. The van der Waals surface area contributed by atoms with Gasteiger partial charge >= 0.3 is 0 Å². The molecule has 0 aliphatic carbocycles. The first kappa shape index (κ1) is 27.6. The van der Waals surface area contributed by atoms with Crippen molar-refractivity contribution < 1.29 is 52.9 Å². The van der Waals surface area contributed by atoms with Crippen LogP contribution in [0.25, 0.3) is 0 Å². The quantitative estimate of drug-likeness (QED) is 0.287. The zero-order valence-electron chi connectivity index (χ0n) is 20.8. The van der Waals surface area contributed by atoms with Crippen molar-refractivity contribution in [3.63, 3.8) is 0 Å². The van der Waals surface area contributed by atoms with Crippen molar-refractivity contribution in [1.29, 1.82) is 0 Å². The lowest BCUT2D eigenvalue weighted by molar-refractivity contribution is -0.0756. The van der Waals surface area contributed by atoms with Crippen molar-refractivity contribution in [1.82, 2.24) is 0 Å². The van der Waals surface area contributed by atoms with E-state index in [1.165, 1.54) is 26.2 Å². The van der Waals surface area contributed by atoms with Crippen LogP contribution in [0.5, 0.6) is 11.5 Å². The predicted molar refractivity (Wildman–Crippen MR) is 125 cm³/mol. The molecule has 2 fully saturated rings. The second-order valence-corrected chi connectivity index (χ2v) is 9.34. The third-order valence-corrected chi connectivity index (χ3v) is 6.80. The van der Waals surface area contributed by atoms with Gasteiger partial charge in [-0.25, -0.2) is 8.78 Å². The van der Waals surface area contributed by atoms with Gasteiger partial charge < -0.3 is 44.1 Å². The number of aliphatic hydroxyl groups is 4. The number of rotatable bonds is 9. The van der Waals surface area contributed by atoms with Crippen LogP contribution in [-0.2, 0) is 14.2 Å². The summed E-state index contributed by atoms with van der Waals surface area (Å²) in [6, 6.07) is 5.48. The molecule has 2 aliphatic heterocycles. The molecule has 3 unspecified atom stereocenters. The second-order valence-electron chi connectivity index (χ2n) is 9.34. The number of benzene rings is 2. The topological polar surface area (TPSA) is 127 Å². The summed E-state index contributed by atoms with van der Waals surface area (Å²) in [6.07, 6.45) is -6.85. The van der Waals surface area contributed by atoms with E-state index in [9.17, 15) is 29.2 Å². The fourth-order valence-corrected chi connectivity index (χ4v) is 4.62. The summed E-state index contributed by atoms with van der Waals surface area (Å²) in [5, 5.41) is 40.3. The maximum atomic E-state index is 14.3. The Balaban J connectivity index is 1.38. The van der Waals surface area contributed by atoms with Gasteiger partial charge in [-0.15, -0.1) is 0 Å². The Kier molecular flexibility index (Phi) is 8.64. The number of aryl methyl sites for hydroxylation is 2. The van der Waals surface area contributed by atoms with E-state index >= 15 is 0 Å². The molecule has 2 heterocycles. The Hall–Kier alpha value is -2.38. The predicted octanol–water partition coefficient (Wildman–Crippen LogP) is 1.99. The Morgan fingerprint density at radius 2 is 1.54 bits per heavy atom. The van der Waals surface area contributed by atoms with Crippen molar-refractivity contribution in [2.75, 3.05) is 27.1 Å². The monoisotopic (exact) mass is 526 g/mol. The molecule has 0 bridgehead atoms. The minimum Gasteiger partial charge on any atom is -0.496 e. The van der Waals surface area contributed by atoms with Crippen molar-refractivity contribution in [2.24, 2.45) is 0 Å². The third kappa shape index (κ3) is 5.73. The zero-order valence-corrected chi connectivity index (χ0v) is 20.8. The normalized spacial score (nSPS) is 29.6. The SMILES string of the molecule is COc1cc(C)c(F)cc1[C@H]1CC(O)[C@@H](COCOc2cc(C)c(F)cc2[C@@H]2O[C@H](CO)C(O)C2O)O1. The molecule has 204 valence electrons. The molecule has 2 saturated heterocycles.